The van der Waals surface area contributed by atoms with E-state index in [1.807, 2.05) is 57.2 Å². The van der Waals surface area contributed by atoms with Gasteiger partial charge in [-0.05, 0) is 30.2 Å². The summed E-state index contributed by atoms with van der Waals surface area (Å²) in [6.07, 6.45) is 0. The van der Waals surface area contributed by atoms with Gasteiger partial charge in [0.2, 0.25) is 5.91 Å². The van der Waals surface area contributed by atoms with Crippen LogP contribution in [0.25, 0.3) is 22.1 Å². The normalized spacial score (nSPS) is 10.2. The van der Waals surface area contributed by atoms with Crippen molar-refractivity contribution in [2.24, 2.45) is 5.73 Å². The van der Waals surface area contributed by atoms with Crippen molar-refractivity contribution in [1.29, 1.82) is 0 Å². The number of carbonyl (C=O) groups is 1. The molecule has 0 fully saturated rings. The molecule has 5 heteroatoms. The summed E-state index contributed by atoms with van der Waals surface area (Å²) in [6.45, 7) is 6.10. The number of carbonyl (C=O) groups excluding carboxylic acids is 1. The second kappa shape index (κ2) is 8.34. The van der Waals surface area contributed by atoms with Gasteiger partial charge in [-0.25, -0.2) is 4.79 Å². The third-order valence-corrected chi connectivity index (χ3v) is 4.00. The molecule has 0 aliphatic heterocycles. The Kier molecular flexibility index (Phi) is 6.17. The van der Waals surface area contributed by atoms with Gasteiger partial charge in [0, 0.05) is 35.8 Å². The molecule has 0 unspecified atom stereocenters. The number of hydrogen-bond donors (Lipinski definition) is 1. The van der Waals surface area contributed by atoms with E-state index in [0.29, 0.717) is 5.58 Å². The molecule has 3 rings (SSSR count). The molecule has 136 valence electrons. The minimum atomic E-state index is -0.423. The fourth-order valence-electron chi connectivity index (χ4n) is 2.81. The molecule has 0 atom stereocenters. The number of nitrogens with zero attached hydrogens (tertiary/aromatic N) is 1. The first-order valence-electron chi connectivity index (χ1n) is 8.59. The number of amides is 1. The van der Waals surface area contributed by atoms with Gasteiger partial charge in [0.15, 0.2) is 0 Å². The smallest absolute Gasteiger partial charge is 0.336 e. The van der Waals surface area contributed by atoms with Crippen molar-refractivity contribution in [3.05, 3.63) is 64.5 Å². The Labute approximate surface area is 153 Å². The van der Waals surface area contributed by atoms with Gasteiger partial charge in [0.05, 0.1) is 6.54 Å². The highest BCUT2D eigenvalue weighted by molar-refractivity contribution is 5.95. The fraction of sp³-hybridized carbons (Fsp3) is 0.238. The van der Waals surface area contributed by atoms with Gasteiger partial charge in [-0.2, -0.15) is 0 Å². The number of benzene rings is 2. The maximum absolute atomic E-state index is 12.0. The van der Waals surface area contributed by atoms with E-state index in [2.05, 4.69) is 0 Å². The standard InChI is InChI=1S/C19H18N2O3.C2H6/c1-12-5-3-4-6-14(12)16-10-19(23)24-17-9-13(7-8-15(16)17)21(2)11-18(20)22;1-2/h3-10H,11H2,1-2H3,(H2,20,22);1-2H3. The third kappa shape index (κ3) is 4.11. The lowest BCUT2D eigenvalue weighted by atomic mass is 9.98. The maximum Gasteiger partial charge on any atom is 0.336 e. The average molecular weight is 352 g/mol. The van der Waals surface area contributed by atoms with Crippen molar-refractivity contribution in [1.82, 2.24) is 0 Å². The van der Waals surface area contributed by atoms with Crippen molar-refractivity contribution >= 4 is 22.6 Å². The van der Waals surface area contributed by atoms with E-state index in [0.717, 1.165) is 27.8 Å². The molecule has 0 aliphatic rings. The first-order chi connectivity index (χ1) is 12.5. The quantitative estimate of drug-likeness (QED) is 0.726. The largest absolute Gasteiger partial charge is 0.423 e. The van der Waals surface area contributed by atoms with Gasteiger partial charge >= 0.3 is 5.63 Å². The maximum atomic E-state index is 12.0. The van der Waals surface area contributed by atoms with Gasteiger partial charge in [0.1, 0.15) is 5.58 Å². The van der Waals surface area contributed by atoms with Crippen LogP contribution in [0.15, 0.2) is 57.7 Å². The highest BCUT2D eigenvalue weighted by atomic mass is 16.4. The number of fused-ring (bicyclic) bond motifs is 1. The number of anilines is 1. The monoisotopic (exact) mass is 352 g/mol. The molecule has 0 radical (unpaired) electrons. The minimum absolute atomic E-state index is 0.0905. The van der Waals surface area contributed by atoms with Gasteiger partial charge < -0.3 is 15.1 Å². The van der Waals surface area contributed by atoms with E-state index >= 15 is 0 Å². The molecule has 1 heterocycles. The molecule has 2 N–H and O–H groups in total. The Morgan fingerprint density at radius 2 is 1.77 bits per heavy atom. The van der Waals surface area contributed by atoms with Crippen LogP contribution in [-0.4, -0.2) is 19.5 Å². The van der Waals surface area contributed by atoms with Crippen molar-refractivity contribution in [2.45, 2.75) is 20.8 Å². The third-order valence-electron chi connectivity index (χ3n) is 4.00. The van der Waals surface area contributed by atoms with E-state index < -0.39 is 11.5 Å². The lowest BCUT2D eigenvalue weighted by molar-refractivity contribution is -0.116. The molecule has 1 aromatic heterocycles. The first kappa shape index (κ1) is 19.2. The Bertz CT molecular complexity index is 976. The van der Waals surface area contributed by atoms with Crippen molar-refractivity contribution in [3.63, 3.8) is 0 Å². The highest BCUT2D eigenvalue weighted by Crippen LogP contribution is 2.31. The van der Waals surface area contributed by atoms with Crippen molar-refractivity contribution in [2.75, 3.05) is 18.5 Å². The highest BCUT2D eigenvalue weighted by Gasteiger charge is 2.12. The molecule has 26 heavy (non-hydrogen) atoms. The number of primary amides is 1. The predicted octanol–water partition coefficient (Wildman–Crippen LogP) is 3.72. The van der Waals surface area contributed by atoms with E-state index in [4.69, 9.17) is 10.2 Å². The summed E-state index contributed by atoms with van der Waals surface area (Å²) in [5.74, 6) is -0.423. The number of aryl methyl sites for hydroxylation is 1. The summed E-state index contributed by atoms with van der Waals surface area (Å²) < 4.78 is 5.36. The van der Waals surface area contributed by atoms with Crippen LogP contribution in [0.3, 0.4) is 0 Å². The minimum Gasteiger partial charge on any atom is -0.423 e. The summed E-state index contributed by atoms with van der Waals surface area (Å²) in [4.78, 5) is 24.8. The summed E-state index contributed by atoms with van der Waals surface area (Å²) in [5, 5.41) is 0.847. The lowest BCUT2D eigenvalue weighted by Crippen LogP contribution is -2.30. The summed E-state index contributed by atoms with van der Waals surface area (Å²) in [5.41, 5.74) is 8.97. The van der Waals surface area contributed by atoms with Crippen LogP contribution in [0.2, 0.25) is 0 Å². The van der Waals surface area contributed by atoms with Crippen LogP contribution in [0.5, 0.6) is 0 Å². The molecule has 3 aromatic rings. The average Bonchev–Trinajstić information content (AvgIpc) is 2.62. The van der Waals surface area contributed by atoms with E-state index in [1.54, 1.807) is 18.0 Å². The number of nitrogens with two attached hydrogens (primary N) is 1. The lowest BCUT2D eigenvalue weighted by Gasteiger charge is -2.18. The molecule has 0 saturated carbocycles. The molecule has 1 amide bonds. The summed E-state index contributed by atoms with van der Waals surface area (Å²) in [7, 11) is 1.76. The number of likely N-dealkylation sites (N-methyl/N-ethyl adjacent to an activating group) is 1. The van der Waals surface area contributed by atoms with Crippen LogP contribution >= 0.6 is 0 Å². The Morgan fingerprint density at radius 1 is 1.08 bits per heavy atom. The number of hydrogen-bond acceptors (Lipinski definition) is 4. The molecular weight excluding hydrogens is 328 g/mol. The molecule has 0 saturated heterocycles. The first-order valence-corrected chi connectivity index (χ1v) is 8.59. The fourth-order valence-corrected chi connectivity index (χ4v) is 2.81. The Morgan fingerprint density at radius 3 is 2.42 bits per heavy atom. The zero-order valence-electron chi connectivity index (χ0n) is 15.6. The van der Waals surface area contributed by atoms with E-state index in [9.17, 15) is 9.59 Å². The second-order valence-corrected chi connectivity index (χ2v) is 5.80. The molecule has 0 bridgehead atoms. The van der Waals surface area contributed by atoms with Crippen LogP contribution in [0, 0.1) is 6.92 Å². The molecule has 0 spiro atoms. The van der Waals surface area contributed by atoms with Crippen LogP contribution in [0.1, 0.15) is 19.4 Å². The number of rotatable bonds is 4. The Balaban J connectivity index is 0.00000117. The van der Waals surface area contributed by atoms with Gasteiger partial charge in [-0.15, -0.1) is 0 Å². The van der Waals surface area contributed by atoms with Gasteiger partial charge in [-0.1, -0.05) is 38.1 Å². The Hall–Kier alpha value is -3.08. The van der Waals surface area contributed by atoms with E-state index in [-0.39, 0.29) is 6.54 Å². The zero-order valence-corrected chi connectivity index (χ0v) is 15.6. The van der Waals surface area contributed by atoms with Crippen molar-refractivity contribution < 1.29 is 9.21 Å². The molecule has 5 nitrogen and oxygen atoms in total. The molecule has 0 aliphatic carbocycles. The van der Waals surface area contributed by atoms with E-state index in [1.165, 1.54) is 6.07 Å². The predicted molar refractivity (Wildman–Crippen MR) is 106 cm³/mol. The molecular formula is C21H24N2O3. The SMILES string of the molecule is CC.Cc1ccccc1-c1cc(=O)oc2cc(N(C)CC(N)=O)ccc12. The second-order valence-electron chi connectivity index (χ2n) is 5.80. The van der Waals surface area contributed by atoms with Crippen LogP contribution in [0.4, 0.5) is 5.69 Å². The van der Waals surface area contributed by atoms with Crippen LogP contribution < -0.4 is 16.3 Å². The molecule has 2 aromatic carbocycles. The summed E-state index contributed by atoms with van der Waals surface area (Å²) in [6, 6.07) is 14.9. The summed E-state index contributed by atoms with van der Waals surface area (Å²) >= 11 is 0. The van der Waals surface area contributed by atoms with Crippen LogP contribution in [-0.2, 0) is 4.79 Å². The van der Waals surface area contributed by atoms with Gasteiger partial charge in [-0.3, -0.25) is 4.79 Å². The zero-order chi connectivity index (χ0) is 19.3. The van der Waals surface area contributed by atoms with Gasteiger partial charge in [0.25, 0.3) is 0 Å². The van der Waals surface area contributed by atoms with Crippen molar-refractivity contribution in [3.8, 4) is 11.1 Å². The topological polar surface area (TPSA) is 76.5 Å².